The fourth-order valence-corrected chi connectivity index (χ4v) is 4.82. The van der Waals surface area contributed by atoms with Crippen molar-refractivity contribution in [2.75, 3.05) is 31.1 Å². The first-order chi connectivity index (χ1) is 16.1. The van der Waals surface area contributed by atoms with Gasteiger partial charge in [0, 0.05) is 17.9 Å². The van der Waals surface area contributed by atoms with Crippen molar-refractivity contribution in [1.29, 1.82) is 0 Å². The van der Waals surface area contributed by atoms with Crippen LogP contribution in [0.25, 0.3) is 0 Å². The molecule has 0 spiro atoms. The fourth-order valence-electron chi connectivity index (χ4n) is 4.82. The average Bonchev–Trinajstić information content (AvgIpc) is 2.86. The molecule has 3 nitrogen and oxygen atoms in total. The summed E-state index contributed by atoms with van der Waals surface area (Å²) < 4.78 is 6.04. The maximum Gasteiger partial charge on any atom is 0.119 e. The van der Waals surface area contributed by atoms with Gasteiger partial charge >= 0.3 is 0 Å². The van der Waals surface area contributed by atoms with E-state index in [1.165, 1.54) is 28.1 Å². The van der Waals surface area contributed by atoms with Crippen molar-refractivity contribution in [1.82, 2.24) is 4.90 Å². The van der Waals surface area contributed by atoms with E-state index in [0.29, 0.717) is 12.0 Å². The molecule has 0 aromatic heterocycles. The summed E-state index contributed by atoms with van der Waals surface area (Å²) in [5, 5.41) is 0. The highest BCUT2D eigenvalue weighted by molar-refractivity contribution is 5.70. The number of likely N-dealkylation sites (N-methyl/N-ethyl adjacent to an activating group) is 1. The van der Waals surface area contributed by atoms with Crippen LogP contribution in [0, 0.1) is 0 Å². The zero-order chi connectivity index (χ0) is 23.2. The molecule has 3 aromatic carbocycles. The Balaban J connectivity index is 1.58. The van der Waals surface area contributed by atoms with E-state index in [2.05, 4.69) is 110 Å². The van der Waals surface area contributed by atoms with Crippen LogP contribution in [0.4, 0.5) is 11.4 Å². The summed E-state index contributed by atoms with van der Waals surface area (Å²) in [5.74, 6) is 1.49. The minimum Gasteiger partial charge on any atom is -0.492 e. The number of anilines is 2. The van der Waals surface area contributed by atoms with Crippen LogP contribution in [-0.4, -0.2) is 31.1 Å². The van der Waals surface area contributed by atoms with Crippen LogP contribution in [-0.2, 0) is 6.42 Å². The summed E-state index contributed by atoms with van der Waals surface area (Å²) in [6.45, 7) is 12.7. The van der Waals surface area contributed by atoms with E-state index >= 15 is 0 Å². The lowest BCUT2D eigenvalue weighted by Crippen LogP contribution is -2.29. The maximum absolute atomic E-state index is 6.04. The largest absolute Gasteiger partial charge is 0.492 e. The van der Waals surface area contributed by atoms with E-state index in [0.717, 1.165) is 44.8 Å². The molecule has 3 aromatic rings. The molecule has 0 radical (unpaired) electrons. The lowest BCUT2D eigenvalue weighted by atomic mass is 9.89. The number of benzene rings is 3. The Kier molecular flexibility index (Phi) is 7.72. The van der Waals surface area contributed by atoms with E-state index in [-0.39, 0.29) is 0 Å². The van der Waals surface area contributed by atoms with Crippen LogP contribution in [0.3, 0.4) is 0 Å². The molecule has 0 amide bonds. The Hall–Kier alpha value is -2.78. The van der Waals surface area contributed by atoms with Crippen molar-refractivity contribution in [3.05, 3.63) is 89.5 Å². The summed E-state index contributed by atoms with van der Waals surface area (Å²) in [5.41, 5.74) is 6.74. The standard InChI is InChI=1S/C30H38N2O/c1-5-31(6-2)21-22-33-28-18-16-27(17-19-28)32-29-10-8-7-9-25(29)15-20-30(32)26-13-11-24(12-14-26)23(3)4/h7-14,16-19,23,30H,5-6,15,20-22H2,1-4H3. The van der Waals surface area contributed by atoms with E-state index < -0.39 is 0 Å². The molecule has 33 heavy (non-hydrogen) atoms. The van der Waals surface area contributed by atoms with Crippen molar-refractivity contribution >= 4 is 11.4 Å². The number of rotatable bonds is 9. The second kappa shape index (κ2) is 10.9. The van der Waals surface area contributed by atoms with Gasteiger partial charge in [0.2, 0.25) is 0 Å². The molecular formula is C30H38N2O. The van der Waals surface area contributed by atoms with Crippen LogP contribution < -0.4 is 9.64 Å². The Labute approximate surface area is 200 Å². The minimum atomic E-state index is 0.329. The van der Waals surface area contributed by atoms with Gasteiger partial charge in [-0.05, 0) is 78.9 Å². The van der Waals surface area contributed by atoms with Gasteiger partial charge in [0.05, 0.1) is 6.04 Å². The Bertz CT molecular complexity index is 1010. The summed E-state index contributed by atoms with van der Waals surface area (Å²) in [4.78, 5) is 4.90. The third kappa shape index (κ3) is 5.42. The van der Waals surface area contributed by atoms with Crippen molar-refractivity contribution in [2.45, 2.75) is 52.5 Å². The number of hydrogen-bond acceptors (Lipinski definition) is 3. The maximum atomic E-state index is 6.04. The number of hydrogen-bond donors (Lipinski definition) is 0. The predicted octanol–water partition coefficient (Wildman–Crippen LogP) is 7.36. The van der Waals surface area contributed by atoms with E-state index in [4.69, 9.17) is 4.74 Å². The molecule has 0 fully saturated rings. The third-order valence-electron chi connectivity index (χ3n) is 6.92. The van der Waals surface area contributed by atoms with E-state index in [1.54, 1.807) is 0 Å². The van der Waals surface area contributed by atoms with Gasteiger partial charge in [-0.2, -0.15) is 0 Å². The smallest absolute Gasteiger partial charge is 0.119 e. The average molecular weight is 443 g/mol. The summed E-state index contributed by atoms with van der Waals surface area (Å²) in [6.07, 6.45) is 2.22. The molecule has 1 atom stereocenters. The third-order valence-corrected chi connectivity index (χ3v) is 6.92. The molecule has 0 aliphatic carbocycles. The zero-order valence-corrected chi connectivity index (χ0v) is 20.6. The van der Waals surface area contributed by atoms with Gasteiger partial charge in [-0.3, -0.25) is 0 Å². The first kappa shape index (κ1) is 23.4. The zero-order valence-electron chi connectivity index (χ0n) is 20.6. The lowest BCUT2D eigenvalue weighted by Gasteiger charge is -2.39. The van der Waals surface area contributed by atoms with Gasteiger partial charge in [0.25, 0.3) is 0 Å². The van der Waals surface area contributed by atoms with Crippen LogP contribution in [0.5, 0.6) is 5.75 Å². The number of aryl methyl sites for hydroxylation is 1. The van der Waals surface area contributed by atoms with Crippen molar-refractivity contribution in [3.8, 4) is 5.75 Å². The first-order valence-corrected chi connectivity index (χ1v) is 12.5. The van der Waals surface area contributed by atoms with E-state index in [1.807, 2.05) is 0 Å². The first-order valence-electron chi connectivity index (χ1n) is 12.5. The molecule has 0 bridgehead atoms. The number of fused-ring (bicyclic) bond motifs is 1. The highest BCUT2D eigenvalue weighted by Gasteiger charge is 2.28. The molecule has 3 heteroatoms. The quantitative estimate of drug-likeness (QED) is 0.344. The van der Waals surface area contributed by atoms with Gasteiger partial charge in [0.1, 0.15) is 12.4 Å². The fraction of sp³-hybridized carbons (Fsp3) is 0.400. The van der Waals surface area contributed by atoms with Crippen molar-refractivity contribution < 1.29 is 4.74 Å². The molecular weight excluding hydrogens is 404 g/mol. The SMILES string of the molecule is CCN(CC)CCOc1ccc(N2c3ccccc3CCC2c2ccc(C(C)C)cc2)cc1. The molecule has 0 saturated heterocycles. The number of nitrogens with zero attached hydrogens (tertiary/aromatic N) is 2. The van der Waals surface area contributed by atoms with Gasteiger partial charge in [-0.15, -0.1) is 0 Å². The lowest BCUT2D eigenvalue weighted by molar-refractivity contribution is 0.223. The molecule has 1 aliphatic rings. The summed E-state index contributed by atoms with van der Waals surface area (Å²) >= 11 is 0. The van der Waals surface area contributed by atoms with Crippen molar-refractivity contribution in [2.24, 2.45) is 0 Å². The second-order valence-corrected chi connectivity index (χ2v) is 9.24. The molecule has 0 N–H and O–H groups in total. The molecule has 1 aliphatic heterocycles. The number of ether oxygens (including phenoxy) is 1. The van der Waals surface area contributed by atoms with Crippen LogP contribution in [0.1, 0.15) is 62.8 Å². The van der Waals surface area contributed by atoms with Crippen LogP contribution >= 0.6 is 0 Å². The highest BCUT2D eigenvalue weighted by Crippen LogP contribution is 2.44. The topological polar surface area (TPSA) is 15.7 Å². The normalized spacial score (nSPS) is 15.7. The Morgan fingerprint density at radius 3 is 2.27 bits per heavy atom. The number of para-hydroxylation sites is 1. The predicted molar refractivity (Wildman–Crippen MR) is 140 cm³/mol. The summed E-state index contributed by atoms with van der Waals surface area (Å²) in [7, 11) is 0. The van der Waals surface area contributed by atoms with Gasteiger partial charge in [-0.1, -0.05) is 70.2 Å². The Morgan fingerprint density at radius 1 is 0.909 bits per heavy atom. The van der Waals surface area contributed by atoms with Crippen LogP contribution in [0.15, 0.2) is 72.8 Å². The molecule has 174 valence electrons. The Morgan fingerprint density at radius 2 is 1.61 bits per heavy atom. The molecule has 1 unspecified atom stereocenters. The van der Waals surface area contributed by atoms with Crippen LogP contribution in [0.2, 0.25) is 0 Å². The second-order valence-electron chi connectivity index (χ2n) is 9.24. The van der Waals surface area contributed by atoms with E-state index in [9.17, 15) is 0 Å². The monoisotopic (exact) mass is 442 g/mol. The molecule has 4 rings (SSSR count). The van der Waals surface area contributed by atoms with Gasteiger partial charge < -0.3 is 14.5 Å². The summed E-state index contributed by atoms with van der Waals surface area (Å²) in [6, 6.07) is 27.1. The van der Waals surface area contributed by atoms with Crippen molar-refractivity contribution in [3.63, 3.8) is 0 Å². The van der Waals surface area contributed by atoms with Gasteiger partial charge in [0.15, 0.2) is 0 Å². The molecule has 0 saturated carbocycles. The highest BCUT2D eigenvalue weighted by atomic mass is 16.5. The van der Waals surface area contributed by atoms with Gasteiger partial charge in [-0.25, -0.2) is 0 Å². The molecule has 1 heterocycles. The minimum absolute atomic E-state index is 0.329.